The zero-order valence-corrected chi connectivity index (χ0v) is 15.3. The normalized spacial score (nSPS) is 24.6. The number of likely N-dealkylation sites (tertiary alicyclic amines) is 1. The van der Waals surface area contributed by atoms with Gasteiger partial charge in [0.2, 0.25) is 5.91 Å². The maximum absolute atomic E-state index is 12.9. The van der Waals surface area contributed by atoms with Gasteiger partial charge in [0, 0.05) is 18.7 Å². The molecule has 3 atom stereocenters. The highest BCUT2D eigenvalue weighted by atomic mass is 16.4. The molecule has 0 radical (unpaired) electrons. The molecule has 1 N–H and O–H groups in total. The maximum atomic E-state index is 12.9. The molecule has 0 unspecified atom stereocenters. The molecule has 2 fully saturated rings. The largest absolute Gasteiger partial charge is 0.480 e. The monoisotopic (exact) mass is 367 g/mol. The topological polar surface area (TPSA) is 75.4 Å². The molecule has 1 aromatic carbocycles. The van der Waals surface area contributed by atoms with Crippen LogP contribution in [0.1, 0.15) is 44.1 Å². The summed E-state index contributed by atoms with van der Waals surface area (Å²) in [6.45, 7) is 0. The molecule has 2 aliphatic rings. The van der Waals surface area contributed by atoms with Crippen LogP contribution in [0, 0.1) is 5.92 Å². The fraction of sp³-hybridized carbons (Fsp3) is 0.476. The van der Waals surface area contributed by atoms with Crippen LogP contribution >= 0.6 is 0 Å². The van der Waals surface area contributed by atoms with Crippen LogP contribution in [0.5, 0.6) is 0 Å². The molecule has 2 heterocycles. The third kappa shape index (κ3) is 3.61. The van der Waals surface area contributed by atoms with Crippen molar-refractivity contribution in [2.45, 2.75) is 57.0 Å². The number of carboxylic acids is 1. The Morgan fingerprint density at radius 1 is 1.15 bits per heavy atom. The Hall–Kier alpha value is -2.63. The Morgan fingerprint density at radius 2 is 1.93 bits per heavy atom. The summed E-state index contributed by atoms with van der Waals surface area (Å²) in [5.74, 6) is -0.552. The first-order valence-corrected chi connectivity index (χ1v) is 9.76. The van der Waals surface area contributed by atoms with Crippen molar-refractivity contribution >= 4 is 11.9 Å². The molecule has 0 spiro atoms. The minimum atomic E-state index is -0.866. The Balaban J connectivity index is 1.42. The number of carbonyl (C=O) groups excluding carboxylic acids is 1. The van der Waals surface area contributed by atoms with Crippen LogP contribution in [0.25, 0.3) is 5.69 Å². The first-order valence-electron chi connectivity index (χ1n) is 9.76. The summed E-state index contributed by atoms with van der Waals surface area (Å²) >= 11 is 0. The molecular weight excluding hydrogens is 342 g/mol. The van der Waals surface area contributed by atoms with Crippen molar-refractivity contribution in [1.82, 2.24) is 14.7 Å². The van der Waals surface area contributed by atoms with E-state index in [1.165, 1.54) is 0 Å². The fourth-order valence-corrected chi connectivity index (χ4v) is 4.63. The Labute approximate surface area is 158 Å². The lowest BCUT2D eigenvalue weighted by Gasteiger charge is -2.33. The predicted molar refractivity (Wildman–Crippen MR) is 101 cm³/mol. The Kier molecular flexibility index (Phi) is 4.97. The highest BCUT2D eigenvalue weighted by Gasteiger charge is 2.47. The van der Waals surface area contributed by atoms with E-state index >= 15 is 0 Å². The second-order valence-electron chi connectivity index (χ2n) is 7.63. The van der Waals surface area contributed by atoms with Gasteiger partial charge in [-0.2, -0.15) is 5.10 Å². The number of carboxylic acid groups (broad SMARTS) is 1. The lowest BCUT2D eigenvalue weighted by Crippen LogP contribution is -2.46. The fourth-order valence-electron chi connectivity index (χ4n) is 4.63. The lowest BCUT2D eigenvalue weighted by atomic mass is 9.84. The van der Waals surface area contributed by atoms with E-state index in [0.717, 1.165) is 36.9 Å². The molecule has 1 saturated carbocycles. The van der Waals surface area contributed by atoms with Crippen LogP contribution in [0.2, 0.25) is 0 Å². The molecule has 27 heavy (non-hydrogen) atoms. The summed E-state index contributed by atoms with van der Waals surface area (Å²) in [4.78, 5) is 26.3. The van der Waals surface area contributed by atoms with E-state index in [1.54, 1.807) is 15.8 Å². The molecule has 6 heteroatoms. The number of hydrogen-bond acceptors (Lipinski definition) is 3. The second kappa shape index (κ2) is 7.55. The minimum Gasteiger partial charge on any atom is -0.480 e. The molecule has 1 aliphatic carbocycles. The van der Waals surface area contributed by atoms with E-state index < -0.39 is 12.0 Å². The number of rotatable bonds is 5. The van der Waals surface area contributed by atoms with Crippen molar-refractivity contribution in [3.05, 3.63) is 48.3 Å². The van der Waals surface area contributed by atoms with E-state index in [0.29, 0.717) is 25.2 Å². The second-order valence-corrected chi connectivity index (χ2v) is 7.63. The number of benzene rings is 1. The summed E-state index contributed by atoms with van der Waals surface area (Å²) < 4.78 is 1.80. The van der Waals surface area contributed by atoms with E-state index in [2.05, 4.69) is 5.10 Å². The van der Waals surface area contributed by atoms with Crippen LogP contribution in [0.3, 0.4) is 0 Å². The molecule has 0 bridgehead atoms. The van der Waals surface area contributed by atoms with Gasteiger partial charge in [-0.25, -0.2) is 9.48 Å². The summed E-state index contributed by atoms with van der Waals surface area (Å²) in [5, 5.41) is 14.0. The molecule has 4 rings (SSSR count). The first-order chi connectivity index (χ1) is 13.1. The molecular formula is C21H25N3O3. The maximum Gasteiger partial charge on any atom is 0.326 e. The number of amides is 1. The van der Waals surface area contributed by atoms with Gasteiger partial charge < -0.3 is 10.0 Å². The van der Waals surface area contributed by atoms with Crippen molar-refractivity contribution in [2.75, 3.05) is 0 Å². The molecule has 1 aliphatic heterocycles. The van der Waals surface area contributed by atoms with Crippen LogP contribution in [-0.2, 0) is 16.0 Å². The van der Waals surface area contributed by atoms with Crippen molar-refractivity contribution in [2.24, 2.45) is 5.92 Å². The first kappa shape index (κ1) is 17.8. The van der Waals surface area contributed by atoms with Gasteiger partial charge in [-0.3, -0.25) is 4.79 Å². The van der Waals surface area contributed by atoms with Gasteiger partial charge in [0.1, 0.15) is 6.04 Å². The van der Waals surface area contributed by atoms with Crippen molar-refractivity contribution in [3.63, 3.8) is 0 Å². The van der Waals surface area contributed by atoms with Crippen LogP contribution in [0.15, 0.2) is 42.7 Å². The van der Waals surface area contributed by atoms with Gasteiger partial charge in [-0.1, -0.05) is 31.0 Å². The SMILES string of the molecule is O=C(O)[C@@H]1C[C@@H]2CCCC[C@@H]2N1C(=O)CCc1cnn(-c2ccccc2)c1. The highest BCUT2D eigenvalue weighted by molar-refractivity contribution is 5.85. The Bertz CT molecular complexity index is 817. The van der Waals surface area contributed by atoms with Gasteiger partial charge in [0.05, 0.1) is 11.9 Å². The molecule has 6 nitrogen and oxygen atoms in total. The zero-order chi connectivity index (χ0) is 18.8. The van der Waals surface area contributed by atoms with Gasteiger partial charge in [-0.15, -0.1) is 0 Å². The minimum absolute atomic E-state index is 0.0377. The molecule has 2 aromatic rings. The number of aryl methyl sites for hydroxylation is 1. The van der Waals surface area contributed by atoms with E-state index in [1.807, 2.05) is 36.5 Å². The number of aromatic nitrogens is 2. The summed E-state index contributed by atoms with van der Waals surface area (Å²) in [6.07, 6.45) is 9.44. The number of hydrogen-bond donors (Lipinski definition) is 1. The zero-order valence-electron chi connectivity index (χ0n) is 15.3. The van der Waals surface area contributed by atoms with Gasteiger partial charge in [-0.05, 0) is 49.3 Å². The molecule has 1 aromatic heterocycles. The standard InChI is InChI=1S/C21H25N3O3/c25-20(24-18-9-5-4-6-16(18)12-19(24)21(26)27)11-10-15-13-22-23(14-15)17-7-2-1-3-8-17/h1-3,7-8,13-14,16,18-19H,4-6,9-12H2,(H,26,27)/t16-,18-,19-/m0/s1. The smallest absolute Gasteiger partial charge is 0.326 e. The average molecular weight is 367 g/mol. The number of aliphatic carboxylic acids is 1. The lowest BCUT2D eigenvalue weighted by molar-refractivity contribution is -0.149. The number of fused-ring (bicyclic) bond motifs is 1. The third-order valence-electron chi connectivity index (χ3n) is 5.95. The number of carbonyl (C=O) groups is 2. The quantitative estimate of drug-likeness (QED) is 0.881. The van der Waals surface area contributed by atoms with Crippen molar-refractivity contribution in [3.8, 4) is 5.69 Å². The summed E-state index contributed by atoms with van der Waals surface area (Å²) in [5.41, 5.74) is 1.96. The third-order valence-corrected chi connectivity index (χ3v) is 5.95. The van der Waals surface area contributed by atoms with Crippen LogP contribution < -0.4 is 0 Å². The number of para-hydroxylation sites is 1. The molecule has 142 valence electrons. The molecule has 1 amide bonds. The molecule has 1 saturated heterocycles. The van der Waals surface area contributed by atoms with Gasteiger partial charge in [0.25, 0.3) is 0 Å². The van der Waals surface area contributed by atoms with Gasteiger partial charge >= 0.3 is 5.97 Å². The van der Waals surface area contributed by atoms with E-state index in [9.17, 15) is 14.7 Å². The summed E-state index contributed by atoms with van der Waals surface area (Å²) in [6, 6.07) is 9.29. The highest BCUT2D eigenvalue weighted by Crippen LogP contribution is 2.40. The predicted octanol–water partition coefficient (Wildman–Crippen LogP) is 3.05. The summed E-state index contributed by atoms with van der Waals surface area (Å²) in [7, 11) is 0. The number of nitrogens with zero attached hydrogens (tertiary/aromatic N) is 3. The van der Waals surface area contributed by atoms with Crippen molar-refractivity contribution in [1.29, 1.82) is 0 Å². The Morgan fingerprint density at radius 3 is 2.70 bits per heavy atom. The van der Waals surface area contributed by atoms with Gasteiger partial charge in [0.15, 0.2) is 0 Å². The average Bonchev–Trinajstić information content (AvgIpc) is 3.32. The van der Waals surface area contributed by atoms with Crippen molar-refractivity contribution < 1.29 is 14.7 Å². The van der Waals surface area contributed by atoms with E-state index in [4.69, 9.17) is 0 Å². The van der Waals surface area contributed by atoms with Crippen LogP contribution in [0.4, 0.5) is 0 Å². The van der Waals surface area contributed by atoms with Crippen LogP contribution in [-0.4, -0.2) is 43.7 Å². The van der Waals surface area contributed by atoms with E-state index in [-0.39, 0.29) is 11.9 Å².